The van der Waals surface area contributed by atoms with Gasteiger partial charge in [-0.3, -0.25) is 4.79 Å². The van der Waals surface area contributed by atoms with Gasteiger partial charge in [-0.2, -0.15) is 4.31 Å². The molecule has 1 N–H and O–H groups in total. The molecule has 9 heteroatoms. The minimum absolute atomic E-state index is 0.0826. The fraction of sp³-hybridized carbons (Fsp3) is 0.217. The average molecular weight is 455 g/mol. The molecule has 3 aromatic rings. The van der Waals surface area contributed by atoms with Crippen molar-refractivity contribution in [3.8, 4) is 0 Å². The fourth-order valence-electron chi connectivity index (χ4n) is 3.55. The van der Waals surface area contributed by atoms with Gasteiger partial charge in [0.25, 0.3) is 5.91 Å². The van der Waals surface area contributed by atoms with Crippen LogP contribution in [0.2, 0.25) is 0 Å². The lowest BCUT2D eigenvalue weighted by Gasteiger charge is -2.34. The normalized spacial score (nSPS) is 14.9. The number of sulfonamides is 1. The lowest BCUT2D eigenvalue weighted by molar-refractivity contribution is 0.102. The Morgan fingerprint density at radius 2 is 1.72 bits per heavy atom. The Labute approximate surface area is 186 Å². The molecule has 0 saturated carbocycles. The number of carbonyl (C=O) groups excluding carboxylic acids is 1. The van der Waals surface area contributed by atoms with Gasteiger partial charge in [0.05, 0.1) is 16.8 Å². The Balaban J connectivity index is 1.37. The quantitative estimate of drug-likeness (QED) is 0.640. The molecule has 1 aliphatic rings. The van der Waals surface area contributed by atoms with Crippen molar-refractivity contribution in [1.82, 2.24) is 9.29 Å². The third kappa shape index (κ3) is 4.79. The standard InChI is InChI=1S/C23H23FN4O3S/c1-17-3-2-4-18(15-17)23(29)26-20-7-10-22(25-16-20)27-11-13-28(14-12-27)32(30,31)21-8-5-19(24)6-9-21/h2-10,15-16H,11-14H2,1H3,(H,26,29). The Hall–Kier alpha value is -3.30. The van der Waals surface area contributed by atoms with Crippen LogP contribution in [0.1, 0.15) is 15.9 Å². The summed E-state index contributed by atoms with van der Waals surface area (Å²) in [6.45, 7) is 3.48. The minimum atomic E-state index is -3.66. The van der Waals surface area contributed by atoms with Crippen LogP contribution in [-0.2, 0) is 10.0 Å². The Kier molecular flexibility index (Phi) is 6.20. The van der Waals surface area contributed by atoms with Gasteiger partial charge in [-0.1, -0.05) is 17.7 Å². The summed E-state index contributed by atoms with van der Waals surface area (Å²) in [5.74, 6) is 0.0265. The summed E-state index contributed by atoms with van der Waals surface area (Å²) < 4.78 is 40.0. The summed E-state index contributed by atoms with van der Waals surface area (Å²) in [6, 6.07) is 15.8. The molecule has 1 amide bonds. The zero-order chi connectivity index (χ0) is 22.7. The van der Waals surface area contributed by atoms with E-state index in [1.54, 1.807) is 24.4 Å². The van der Waals surface area contributed by atoms with Gasteiger partial charge in [-0.15, -0.1) is 0 Å². The predicted octanol–water partition coefficient (Wildman–Crippen LogP) is 3.29. The maximum Gasteiger partial charge on any atom is 0.255 e. The number of anilines is 2. The second kappa shape index (κ2) is 9.05. The van der Waals surface area contributed by atoms with Crippen molar-refractivity contribution in [2.24, 2.45) is 0 Å². The molecule has 166 valence electrons. The first-order chi connectivity index (χ1) is 15.3. The number of rotatable bonds is 5. The van der Waals surface area contributed by atoms with E-state index < -0.39 is 15.8 Å². The molecule has 1 aromatic heterocycles. The molecular formula is C23H23FN4O3S. The first-order valence-corrected chi connectivity index (χ1v) is 11.6. The van der Waals surface area contributed by atoms with Crippen LogP contribution in [0.25, 0.3) is 0 Å². The maximum atomic E-state index is 13.1. The van der Waals surface area contributed by atoms with Gasteiger partial charge in [0.1, 0.15) is 11.6 Å². The molecule has 7 nitrogen and oxygen atoms in total. The zero-order valence-corrected chi connectivity index (χ0v) is 18.3. The van der Waals surface area contributed by atoms with Crippen LogP contribution in [0.15, 0.2) is 71.8 Å². The highest BCUT2D eigenvalue weighted by atomic mass is 32.2. The molecule has 4 rings (SSSR count). The van der Waals surface area contributed by atoms with Crippen LogP contribution in [0.4, 0.5) is 15.9 Å². The third-order valence-corrected chi connectivity index (χ3v) is 7.21. The summed E-state index contributed by atoms with van der Waals surface area (Å²) in [5.41, 5.74) is 2.16. The molecule has 2 aromatic carbocycles. The molecule has 0 atom stereocenters. The van der Waals surface area contributed by atoms with Gasteiger partial charge in [-0.05, 0) is 55.5 Å². The summed E-state index contributed by atoms with van der Waals surface area (Å²) in [4.78, 5) is 18.9. The second-order valence-electron chi connectivity index (χ2n) is 7.57. The van der Waals surface area contributed by atoms with Gasteiger partial charge >= 0.3 is 0 Å². The van der Waals surface area contributed by atoms with Crippen LogP contribution in [-0.4, -0.2) is 49.8 Å². The minimum Gasteiger partial charge on any atom is -0.354 e. The van der Waals surface area contributed by atoms with Crippen molar-refractivity contribution in [2.75, 3.05) is 36.4 Å². The van der Waals surface area contributed by atoms with Gasteiger partial charge in [0.2, 0.25) is 10.0 Å². The number of carbonyl (C=O) groups is 1. The van der Waals surface area contributed by atoms with Crippen molar-refractivity contribution in [2.45, 2.75) is 11.8 Å². The monoisotopic (exact) mass is 454 g/mol. The third-order valence-electron chi connectivity index (χ3n) is 5.30. The number of hydrogen-bond acceptors (Lipinski definition) is 5. The van der Waals surface area contributed by atoms with Crippen molar-refractivity contribution < 1.29 is 17.6 Å². The molecule has 32 heavy (non-hydrogen) atoms. The highest BCUT2D eigenvalue weighted by Crippen LogP contribution is 2.21. The van der Waals surface area contributed by atoms with Crippen molar-refractivity contribution >= 4 is 27.4 Å². The number of amides is 1. The van der Waals surface area contributed by atoms with Crippen molar-refractivity contribution in [3.05, 3.63) is 83.8 Å². The van der Waals surface area contributed by atoms with Crippen molar-refractivity contribution in [3.63, 3.8) is 0 Å². The van der Waals surface area contributed by atoms with Crippen LogP contribution in [0.5, 0.6) is 0 Å². The molecule has 0 spiro atoms. The number of hydrogen-bond donors (Lipinski definition) is 1. The number of halogens is 1. The smallest absolute Gasteiger partial charge is 0.255 e. The van der Waals surface area contributed by atoms with Gasteiger partial charge in [-0.25, -0.2) is 17.8 Å². The van der Waals surface area contributed by atoms with Crippen LogP contribution in [0, 0.1) is 12.7 Å². The Bertz CT molecular complexity index is 1210. The van der Waals surface area contributed by atoms with E-state index in [4.69, 9.17) is 0 Å². The summed E-state index contributed by atoms with van der Waals surface area (Å²) in [5, 5.41) is 2.83. The Morgan fingerprint density at radius 3 is 2.34 bits per heavy atom. The molecule has 1 aliphatic heterocycles. The van der Waals surface area contributed by atoms with E-state index in [0.29, 0.717) is 43.2 Å². The molecule has 0 aliphatic carbocycles. The number of pyridine rings is 1. The van der Waals surface area contributed by atoms with E-state index >= 15 is 0 Å². The molecule has 1 saturated heterocycles. The fourth-order valence-corrected chi connectivity index (χ4v) is 4.97. The van der Waals surface area contributed by atoms with E-state index in [1.807, 2.05) is 30.0 Å². The van der Waals surface area contributed by atoms with Crippen LogP contribution < -0.4 is 10.2 Å². The largest absolute Gasteiger partial charge is 0.354 e. The number of aryl methyl sites for hydroxylation is 1. The second-order valence-corrected chi connectivity index (χ2v) is 9.51. The lowest BCUT2D eigenvalue weighted by Crippen LogP contribution is -2.48. The van der Waals surface area contributed by atoms with E-state index in [1.165, 1.54) is 16.4 Å². The van der Waals surface area contributed by atoms with Gasteiger partial charge in [0.15, 0.2) is 0 Å². The molecule has 2 heterocycles. The van der Waals surface area contributed by atoms with Gasteiger partial charge < -0.3 is 10.2 Å². The van der Waals surface area contributed by atoms with E-state index in [0.717, 1.165) is 17.7 Å². The van der Waals surface area contributed by atoms with E-state index in [-0.39, 0.29) is 10.8 Å². The predicted molar refractivity (Wildman–Crippen MR) is 121 cm³/mol. The first kappa shape index (κ1) is 21.9. The summed E-state index contributed by atoms with van der Waals surface area (Å²) in [7, 11) is -3.66. The van der Waals surface area contributed by atoms with Crippen LogP contribution >= 0.6 is 0 Å². The average Bonchev–Trinajstić information content (AvgIpc) is 2.80. The van der Waals surface area contributed by atoms with E-state index in [9.17, 15) is 17.6 Å². The Morgan fingerprint density at radius 1 is 1.00 bits per heavy atom. The highest BCUT2D eigenvalue weighted by molar-refractivity contribution is 7.89. The molecule has 0 unspecified atom stereocenters. The topological polar surface area (TPSA) is 82.6 Å². The number of piperazine rings is 1. The number of benzene rings is 2. The summed E-state index contributed by atoms with van der Waals surface area (Å²) in [6.07, 6.45) is 1.59. The van der Waals surface area contributed by atoms with E-state index in [2.05, 4.69) is 10.3 Å². The number of aromatic nitrogens is 1. The number of nitrogens with one attached hydrogen (secondary N) is 1. The number of nitrogens with zero attached hydrogens (tertiary/aromatic N) is 3. The molecular weight excluding hydrogens is 431 g/mol. The molecule has 0 bridgehead atoms. The van der Waals surface area contributed by atoms with Crippen LogP contribution in [0.3, 0.4) is 0 Å². The first-order valence-electron chi connectivity index (χ1n) is 10.2. The van der Waals surface area contributed by atoms with Crippen molar-refractivity contribution in [1.29, 1.82) is 0 Å². The SMILES string of the molecule is Cc1cccc(C(=O)Nc2ccc(N3CCN(S(=O)(=O)c4ccc(F)cc4)CC3)nc2)c1. The molecule has 0 radical (unpaired) electrons. The highest BCUT2D eigenvalue weighted by Gasteiger charge is 2.28. The summed E-state index contributed by atoms with van der Waals surface area (Å²) >= 11 is 0. The van der Waals surface area contributed by atoms with Gasteiger partial charge in [0, 0.05) is 31.7 Å². The maximum absolute atomic E-state index is 13.1. The zero-order valence-electron chi connectivity index (χ0n) is 17.5. The lowest BCUT2D eigenvalue weighted by atomic mass is 10.1. The molecule has 1 fully saturated rings.